The Kier molecular flexibility index (Phi) is 10.9. The molecule has 0 aliphatic rings. The first-order chi connectivity index (χ1) is 6.04. The molecule has 14 heavy (non-hydrogen) atoms. The lowest BCUT2D eigenvalue weighted by Gasteiger charge is -1.88. The summed E-state index contributed by atoms with van der Waals surface area (Å²) >= 11 is 14.4. The third-order valence-corrected chi connectivity index (χ3v) is 1.02. The summed E-state index contributed by atoms with van der Waals surface area (Å²) in [6.07, 6.45) is 0. The molecular weight excluding hydrogens is 270 g/mol. The molecule has 0 bridgehead atoms. The Balaban J connectivity index is 0. The van der Waals surface area contributed by atoms with Gasteiger partial charge in [-0.25, -0.2) is 4.79 Å². The second-order valence-electron chi connectivity index (χ2n) is 1.92. The summed E-state index contributed by atoms with van der Waals surface area (Å²) in [4.78, 5) is 10.2. The molecule has 1 N–H and O–H groups in total. The largest absolute Gasteiger partial charge is 0.478 e. The average Bonchev–Trinajstić information content (AvgIpc) is 2.05. The van der Waals surface area contributed by atoms with E-state index < -0.39 is 10.3 Å². The van der Waals surface area contributed by atoms with Gasteiger partial charge in [0, 0.05) is 0 Å². The summed E-state index contributed by atoms with van der Waals surface area (Å²) in [7, 11) is 0. The highest BCUT2D eigenvalue weighted by molar-refractivity contribution is 6.63. The highest BCUT2D eigenvalue weighted by Gasteiger charge is 1.96. The van der Waals surface area contributed by atoms with Gasteiger partial charge in [-0.05, 0) is 12.1 Å². The van der Waals surface area contributed by atoms with E-state index in [-0.39, 0.29) is 12.4 Å². The Morgan fingerprint density at radius 1 is 1.14 bits per heavy atom. The Labute approximate surface area is 103 Å². The number of hydrogen-bond donors (Lipinski definition) is 1. The Morgan fingerprint density at radius 2 is 1.50 bits per heavy atom. The summed E-state index contributed by atoms with van der Waals surface area (Å²) in [6.45, 7) is 0. The minimum Gasteiger partial charge on any atom is -0.478 e. The first-order valence-corrected chi connectivity index (χ1v) is 4.55. The van der Waals surface area contributed by atoms with Gasteiger partial charge >= 0.3 is 5.97 Å². The maximum atomic E-state index is 10.2. The van der Waals surface area contributed by atoms with Gasteiger partial charge in [0.05, 0.1) is 5.56 Å². The van der Waals surface area contributed by atoms with Crippen molar-refractivity contribution in [1.82, 2.24) is 0 Å². The zero-order chi connectivity index (χ0) is 10.3. The standard InChI is InChI=1S/C7H6O2.CHCl3.ClH/c8-7(9)6-4-2-1-3-5-6;2-1(3)4;/h1-5H,(H,8,9);1H;1H. The van der Waals surface area contributed by atoms with Crippen molar-refractivity contribution < 1.29 is 9.90 Å². The number of benzene rings is 1. The number of carboxylic acid groups (broad SMARTS) is 1. The Morgan fingerprint density at radius 3 is 1.71 bits per heavy atom. The molecule has 0 unspecified atom stereocenters. The van der Waals surface area contributed by atoms with Gasteiger partial charge in [0.2, 0.25) is 0 Å². The molecular formula is C8H8Cl4O2. The molecule has 0 fully saturated rings. The monoisotopic (exact) mass is 276 g/mol. The molecule has 2 nitrogen and oxygen atoms in total. The van der Waals surface area contributed by atoms with Gasteiger partial charge < -0.3 is 5.11 Å². The van der Waals surface area contributed by atoms with E-state index in [0.717, 1.165) is 0 Å². The van der Waals surface area contributed by atoms with E-state index in [0.29, 0.717) is 5.56 Å². The second kappa shape index (κ2) is 9.41. The number of halogens is 4. The Hall–Kier alpha value is -0.150. The van der Waals surface area contributed by atoms with Crippen molar-refractivity contribution in [3.63, 3.8) is 0 Å². The number of carbonyl (C=O) groups is 1. The van der Waals surface area contributed by atoms with Crippen molar-refractivity contribution in [1.29, 1.82) is 0 Å². The predicted octanol–water partition coefficient (Wildman–Crippen LogP) is 3.79. The van der Waals surface area contributed by atoms with Gasteiger partial charge in [-0.15, -0.1) is 12.4 Å². The molecule has 0 heterocycles. The SMILES string of the molecule is Cl.ClC(Cl)Cl.O=C(O)c1ccccc1. The van der Waals surface area contributed by atoms with Crippen molar-refractivity contribution >= 4 is 53.2 Å². The zero-order valence-electron chi connectivity index (χ0n) is 6.86. The van der Waals surface area contributed by atoms with Crippen LogP contribution in [0.5, 0.6) is 0 Å². The van der Waals surface area contributed by atoms with Crippen LogP contribution >= 0.6 is 47.2 Å². The van der Waals surface area contributed by atoms with Crippen molar-refractivity contribution in [3.8, 4) is 0 Å². The lowest BCUT2D eigenvalue weighted by atomic mass is 10.2. The molecule has 1 rings (SSSR count). The number of aromatic carboxylic acids is 1. The van der Waals surface area contributed by atoms with E-state index in [1.54, 1.807) is 30.3 Å². The molecule has 0 amide bonds. The van der Waals surface area contributed by atoms with Crippen molar-refractivity contribution in [2.75, 3.05) is 0 Å². The lowest BCUT2D eigenvalue weighted by Crippen LogP contribution is -1.93. The van der Waals surface area contributed by atoms with E-state index in [2.05, 4.69) is 0 Å². The minimum atomic E-state index is -0.879. The average molecular weight is 278 g/mol. The maximum Gasteiger partial charge on any atom is 0.335 e. The molecule has 0 spiro atoms. The third kappa shape index (κ3) is 9.93. The maximum absolute atomic E-state index is 10.2. The van der Waals surface area contributed by atoms with E-state index >= 15 is 0 Å². The predicted molar refractivity (Wildman–Crippen MR) is 62.0 cm³/mol. The highest BCUT2D eigenvalue weighted by Crippen LogP contribution is 2.03. The molecule has 0 aliphatic heterocycles. The van der Waals surface area contributed by atoms with Gasteiger partial charge in [0.25, 0.3) is 0 Å². The van der Waals surface area contributed by atoms with Gasteiger partial charge in [-0.2, -0.15) is 0 Å². The molecule has 0 radical (unpaired) electrons. The normalized spacial score (nSPS) is 8.29. The van der Waals surface area contributed by atoms with Crippen LogP contribution in [0.1, 0.15) is 10.4 Å². The van der Waals surface area contributed by atoms with Gasteiger partial charge in [-0.1, -0.05) is 53.0 Å². The fourth-order valence-electron chi connectivity index (χ4n) is 0.581. The quantitative estimate of drug-likeness (QED) is 0.793. The fourth-order valence-corrected chi connectivity index (χ4v) is 0.581. The summed E-state index contributed by atoms with van der Waals surface area (Å²) in [5.74, 6) is -0.879. The van der Waals surface area contributed by atoms with Crippen molar-refractivity contribution in [2.45, 2.75) is 4.30 Å². The molecule has 0 atom stereocenters. The molecule has 1 aromatic carbocycles. The van der Waals surface area contributed by atoms with Crippen LogP contribution in [0.3, 0.4) is 0 Å². The molecule has 6 heteroatoms. The smallest absolute Gasteiger partial charge is 0.335 e. The summed E-state index contributed by atoms with van der Waals surface area (Å²) in [6, 6.07) is 8.30. The first-order valence-electron chi connectivity index (χ1n) is 3.24. The zero-order valence-corrected chi connectivity index (χ0v) is 9.95. The van der Waals surface area contributed by atoms with Crippen LogP contribution in [-0.4, -0.2) is 15.4 Å². The lowest BCUT2D eigenvalue weighted by molar-refractivity contribution is 0.0697. The molecule has 0 saturated carbocycles. The topological polar surface area (TPSA) is 37.3 Å². The van der Waals surface area contributed by atoms with Crippen molar-refractivity contribution in [2.24, 2.45) is 0 Å². The van der Waals surface area contributed by atoms with Gasteiger partial charge in [0.15, 0.2) is 4.30 Å². The summed E-state index contributed by atoms with van der Waals surface area (Å²) < 4.78 is -0.750. The van der Waals surface area contributed by atoms with Crippen LogP contribution in [0, 0.1) is 0 Å². The number of carboxylic acids is 1. The molecule has 80 valence electrons. The second-order valence-corrected chi connectivity index (χ2v) is 3.90. The van der Waals surface area contributed by atoms with Crippen LogP contribution in [0.2, 0.25) is 0 Å². The van der Waals surface area contributed by atoms with E-state index in [1.165, 1.54) is 0 Å². The van der Waals surface area contributed by atoms with Gasteiger partial charge in [0.1, 0.15) is 0 Å². The summed E-state index contributed by atoms with van der Waals surface area (Å²) in [5.41, 5.74) is 0.331. The number of rotatable bonds is 1. The van der Waals surface area contributed by atoms with Crippen molar-refractivity contribution in [3.05, 3.63) is 35.9 Å². The molecule has 0 saturated heterocycles. The Bertz CT molecular complexity index is 248. The molecule has 1 aromatic rings. The van der Waals surface area contributed by atoms with Crippen LogP contribution in [0.15, 0.2) is 30.3 Å². The van der Waals surface area contributed by atoms with E-state index in [4.69, 9.17) is 39.9 Å². The third-order valence-electron chi connectivity index (χ3n) is 1.02. The first kappa shape index (κ1) is 16.3. The van der Waals surface area contributed by atoms with E-state index in [9.17, 15) is 4.79 Å². The van der Waals surface area contributed by atoms with Crippen LogP contribution in [0.25, 0.3) is 0 Å². The van der Waals surface area contributed by atoms with E-state index in [1.807, 2.05) is 0 Å². The van der Waals surface area contributed by atoms with Crippen LogP contribution in [0.4, 0.5) is 0 Å². The van der Waals surface area contributed by atoms with Crippen LogP contribution < -0.4 is 0 Å². The number of alkyl halides is 3. The van der Waals surface area contributed by atoms with Gasteiger partial charge in [-0.3, -0.25) is 0 Å². The highest BCUT2D eigenvalue weighted by atomic mass is 35.6. The molecule has 0 aliphatic carbocycles. The fraction of sp³-hybridized carbons (Fsp3) is 0.125. The van der Waals surface area contributed by atoms with Crippen LogP contribution in [-0.2, 0) is 0 Å². The summed E-state index contributed by atoms with van der Waals surface area (Å²) in [5, 5.41) is 8.38. The number of hydrogen-bond acceptors (Lipinski definition) is 1. The minimum absolute atomic E-state index is 0. The molecule has 0 aromatic heterocycles.